The molecule has 1 aromatic rings. The van der Waals surface area contributed by atoms with Gasteiger partial charge in [-0.3, -0.25) is 4.79 Å². The smallest absolute Gasteiger partial charge is 0.329 e. The van der Waals surface area contributed by atoms with Gasteiger partial charge in [0.15, 0.2) is 0 Å². The van der Waals surface area contributed by atoms with Crippen molar-refractivity contribution in [3.05, 3.63) is 32.4 Å². The molecule has 0 saturated heterocycles. The molecule has 4 nitrogen and oxygen atoms in total. The first-order chi connectivity index (χ1) is 9.84. The molecule has 1 saturated carbocycles. The number of aliphatic carboxylic acids is 1. The van der Waals surface area contributed by atoms with E-state index in [0.717, 1.165) is 16.4 Å². The van der Waals surface area contributed by atoms with Crippen LogP contribution in [0.3, 0.4) is 0 Å². The van der Waals surface area contributed by atoms with E-state index >= 15 is 0 Å². The van der Waals surface area contributed by atoms with E-state index in [1.165, 1.54) is 0 Å². The third kappa shape index (κ3) is 3.69. The number of carbonyl (C=O) groups is 2. The lowest BCUT2D eigenvalue weighted by molar-refractivity contribution is -0.146. The third-order valence-electron chi connectivity index (χ3n) is 4.07. The number of carboxylic acids is 1. The summed E-state index contributed by atoms with van der Waals surface area (Å²) in [4.78, 5) is 24.0. The number of hydrogen-bond acceptors (Lipinski definition) is 2. The highest BCUT2D eigenvalue weighted by Gasteiger charge is 2.42. The van der Waals surface area contributed by atoms with E-state index in [9.17, 15) is 14.7 Å². The predicted molar refractivity (Wildman–Crippen MR) is 89.6 cm³/mol. The molecule has 0 unspecified atom stereocenters. The van der Waals surface area contributed by atoms with Gasteiger partial charge in [-0.2, -0.15) is 0 Å². The fraction of sp³-hybridized carbons (Fsp3) is 0.467. The first-order valence-corrected chi connectivity index (χ1v) is 8.31. The summed E-state index contributed by atoms with van der Waals surface area (Å²) in [5.74, 6) is -0.841. The number of rotatable bonds is 3. The van der Waals surface area contributed by atoms with Crippen LogP contribution in [0.15, 0.2) is 18.2 Å². The van der Waals surface area contributed by atoms with Gasteiger partial charge in [-0.25, -0.2) is 4.79 Å². The summed E-state index contributed by atoms with van der Waals surface area (Å²) in [5.41, 5.74) is -0.765. The highest BCUT2D eigenvalue weighted by molar-refractivity contribution is 14.1. The molecule has 0 atom stereocenters. The Morgan fingerprint density at radius 3 is 2.52 bits per heavy atom. The Labute approximate surface area is 142 Å². The Bertz CT molecular complexity index is 568. The van der Waals surface area contributed by atoms with Crippen LogP contribution < -0.4 is 5.32 Å². The highest BCUT2D eigenvalue weighted by atomic mass is 127. The normalized spacial score (nSPS) is 25.4. The van der Waals surface area contributed by atoms with Gasteiger partial charge in [0.05, 0.1) is 5.02 Å². The van der Waals surface area contributed by atoms with E-state index in [1.54, 1.807) is 18.2 Å². The van der Waals surface area contributed by atoms with Gasteiger partial charge >= 0.3 is 5.97 Å². The van der Waals surface area contributed by atoms with Crippen molar-refractivity contribution in [1.82, 2.24) is 5.32 Å². The summed E-state index contributed by atoms with van der Waals surface area (Å²) in [6.07, 6.45) is 2.54. The van der Waals surface area contributed by atoms with Crippen LogP contribution >= 0.6 is 34.2 Å². The molecule has 0 aliphatic heterocycles. The lowest BCUT2D eigenvalue weighted by atomic mass is 9.77. The highest BCUT2D eigenvalue weighted by Crippen LogP contribution is 2.32. The standard InChI is InChI=1S/C15H17ClINO3/c1-9-4-6-15(7-5-9,14(20)21)18-13(19)10-2-3-12(17)11(16)8-10/h2-3,8-9H,4-7H2,1H3,(H,18,19)(H,20,21). The molecule has 2 rings (SSSR count). The summed E-state index contributed by atoms with van der Waals surface area (Å²) >= 11 is 8.09. The first kappa shape index (κ1) is 16.5. The second-order valence-electron chi connectivity index (χ2n) is 5.65. The van der Waals surface area contributed by atoms with Crippen molar-refractivity contribution in [2.45, 2.75) is 38.1 Å². The lowest BCUT2D eigenvalue weighted by Crippen LogP contribution is -2.56. The molecule has 1 aliphatic carbocycles. The fourth-order valence-electron chi connectivity index (χ4n) is 2.57. The molecule has 1 amide bonds. The van der Waals surface area contributed by atoms with Gasteiger partial charge < -0.3 is 10.4 Å². The van der Waals surface area contributed by atoms with Gasteiger partial charge in [0, 0.05) is 9.13 Å². The van der Waals surface area contributed by atoms with Crippen LogP contribution in [0.25, 0.3) is 0 Å². The Balaban J connectivity index is 2.19. The predicted octanol–water partition coefficient (Wildman–Crippen LogP) is 3.71. The molecule has 1 aliphatic rings. The van der Waals surface area contributed by atoms with Crippen LogP contribution in [0, 0.1) is 9.49 Å². The van der Waals surface area contributed by atoms with Gasteiger partial charge in [0.2, 0.25) is 0 Å². The number of halogens is 2. The molecule has 21 heavy (non-hydrogen) atoms. The van der Waals surface area contributed by atoms with Crippen molar-refractivity contribution in [2.75, 3.05) is 0 Å². The first-order valence-electron chi connectivity index (χ1n) is 6.85. The largest absolute Gasteiger partial charge is 0.480 e. The van der Waals surface area contributed by atoms with Crippen LogP contribution in [0.2, 0.25) is 5.02 Å². The average molecular weight is 422 g/mol. The molecular weight excluding hydrogens is 405 g/mol. The molecule has 1 aromatic carbocycles. The topological polar surface area (TPSA) is 66.4 Å². The molecule has 6 heteroatoms. The van der Waals surface area contributed by atoms with Crippen molar-refractivity contribution in [2.24, 2.45) is 5.92 Å². The zero-order valence-corrected chi connectivity index (χ0v) is 14.6. The number of hydrogen-bond donors (Lipinski definition) is 2. The van der Waals surface area contributed by atoms with Gasteiger partial charge in [-0.15, -0.1) is 0 Å². The molecule has 2 N–H and O–H groups in total. The lowest BCUT2D eigenvalue weighted by Gasteiger charge is -2.36. The number of nitrogens with one attached hydrogen (secondary N) is 1. The quantitative estimate of drug-likeness (QED) is 0.731. The van der Waals surface area contributed by atoms with Crippen molar-refractivity contribution < 1.29 is 14.7 Å². The second-order valence-corrected chi connectivity index (χ2v) is 7.22. The molecular formula is C15H17ClINO3. The summed E-state index contributed by atoms with van der Waals surface area (Å²) < 4.78 is 0.852. The van der Waals surface area contributed by atoms with E-state index in [2.05, 4.69) is 34.8 Å². The number of benzene rings is 1. The summed E-state index contributed by atoms with van der Waals surface area (Å²) in [5, 5.41) is 12.7. The Hall–Kier alpha value is -0.820. The molecule has 114 valence electrons. The SMILES string of the molecule is CC1CCC(NC(=O)c2ccc(I)c(Cl)c2)(C(=O)O)CC1. The number of amides is 1. The van der Waals surface area contributed by atoms with Crippen LogP contribution in [-0.4, -0.2) is 22.5 Å². The maximum atomic E-state index is 12.3. The van der Waals surface area contributed by atoms with Crippen molar-refractivity contribution in [3.63, 3.8) is 0 Å². The Morgan fingerprint density at radius 1 is 1.38 bits per heavy atom. The maximum Gasteiger partial charge on any atom is 0.329 e. The summed E-state index contributed by atoms with van der Waals surface area (Å²) in [7, 11) is 0. The average Bonchev–Trinajstić information content (AvgIpc) is 2.44. The van der Waals surface area contributed by atoms with Crippen LogP contribution in [0.5, 0.6) is 0 Å². The Morgan fingerprint density at radius 2 is 2.00 bits per heavy atom. The summed E-state index contributed by atoms with van der Waals surface area (Å²) in [6, 6.07) is 4.97. The minimum absolute atomic E-state index is 0.384. The minimum Gasteiger partial charge on any atom is -0.480 e. The molecule has 1 fully saturated rings. The van der Waals surface area contributed by atoms with Crippen LogP contribution in [-0.2, 0) is 4.79 Å². The van der Waals surface area contributed by atoms with Gasteiger partial charge in [-0.1, -0.05) is 18.5 Å². The van der Waals surface area contributed by atoms with E-state index in [1.807, 2.05) is 0 Å². The molecule has 0 aromatic heterocycles. The summed E-state index contributed by atoms with van der Waals surface area (Å²) in [6.45, 7) is 2.10. The van der Waals surface area contributed by atoms with E-state index in [0.29, 0.717) is 29.3 Å². The fourth-order valence-corrected chi connectivity index (χ4v) is 3.09. The van der Waals surface area contributed by atoms with Crippen LogP contribution in [0.1, 0.15) is 43.0 Å². The molecule has 0 radical (unpaired) electrons. The Kier molecular flexibility index (Phi) is 5.14. The van der Waals surface area contributed by atoms with Crippen molar-refractivity contribution in [3.8, 4) is 0 Å². The van der Waals surface area contributed by atoms with Crippen molar-refractivity contribution >= 4 is 46.1 Å². The molecule has 0 heterocycles. The van der Waals surface area contributed by atoms with E-state index in [-0.39, 0.29) is 5.91 Å². The minimum atomic E-state index is -1.15. The van der Waals surface area contributed by atoms with Crippen molar-refractivity contribution in [1.29, 1.82) is 0 Å². The maximum absolute atomic E-state index is 12.3. The van der Waals surface area contributed by atoms with E-state index in [4.69, 9.17) is 11.6 Å². The van der Waals surface area contributed by atoms with Gasteiger partial charge in [-0.05, 0) is 72.4 Å². The zero-order chi connectivity index (χ0) is 15.6. The molecule has 0 bridgehead atoms. The molecule has 0 spiro atoms. The number of carboxylic acid groups (broad SMARTS) is 1. The monoisotopic (exact) mass is 421 g/mol. The van der Waals surface area contributed by atoms with Crippen LogP contribution in [0.4, 0.5) is 0 Å². The second kappa shape index (κ2) is 6.52. The van der Waals surface area contributed by atoms with E-state index < -0.39 is 11.5 Å². The third-order valence-corrected chi connectivity index (χ3v) is 5.64. The van der Waals surface area contributed by atoms with Gasteiger partial charge in [0.1, 0.15) is 5.54 Å². The number of carbonyl (C=O) groups excluding carboxylic acids is 1. The zero-order valence-electron chi connectivity index (χ0n) is 11.7. The van der Waals surface area contributed by atoms with Gasteiger partial charge in [0.25, 0.3) is 5.91 Å².